The molecule has 0 atom stereocenters. The molecule has 6 nitrogen and oxygen atoms in total. The number of aromatic nitrogens is 2. The first kappa shape index (κ1) is 17.0. The molecule has 0 amide bonds. The monoisotopic (exact) mass is 358 g/mol. The molecule has 2 rings (SSSR count). The average molecular weight is 359 g/mol. The molecule has 0 bridgehead atoms. The largest absolute Gasteiger partial charge is 0.340 e. The zero-order valence-electron chi connectivity index (χ0n) is 11.8. The number of thioether (sulfide) groups is 1. The summed E-state index contributed by atoms with van der Waals surface area (Å²) in [6, 6.07) is 6.30. The number of anilines is 2. The van der Waals surface area contributed by atoms with Gasteiger partial charge in [0.25, 0.3) is 0 Å². The van der Waals surface area contributed by atoms with Gasteiger partial charge in [-0.05, 0) is 23.4 Å². The van der Waals surface area contributed by atoms with Crippen LogP contribution in [-0.4, -0.2) is 24.1 Å². The van der Waals surface area contributed by atoms with Crippen LogP contribution in [0.4, 0.5) is 11.5 Å². The highest BCUT2D eigenvalue weighted by atomic mass is 35.5. The third kappa shape index (κ3) is 4.57. The van der Waals surface area contributed by atoms with Crippen molar-refractivity contribution in [1.82, 2.24) is 9.97 Å². The molecule has 0 spiro atoms. The van der Waals surface area contributed by atoms with Gasteiger partial charge in [0.05, 0.1) is 4.90 Å². The van der Waals surface area contributed by atoms with E-state index in [0.717, 1.165) is 17.1 Å². The minimum atomic E-state index is -3.77. The Hall–Kier alpha value is -1.35. The number of sulfonamides is 1. The molecule has 2 aromatic rings. The fraction of sp³-hybridized carbons (Fsp3) is 0.231. The van der Waals surface area contributed by atoms with Gasteiger partial charge in [-0.3, -0.25) is 0 Å². The predicted octanol–water partition coefficient (Wildman–Crippen LogP) is 2.77. The van der Waals surface area contributed by atoms with Gasteiger partial charge in [0.15, 0.2) is 0 Å². The van der Waals surface area contributed by atoms with Crippen LogP contribution in [0.1, 0.15) is 12.5 Å². The summed E-state index contributed by atoms with van der Waals surface area (Å²) < 4.78 is 23.0. The zero-order chi connectivity index (χ0) is 16.2. The van der Waals surface area contributed by atoms with Crippen molar-refractivity contribution < 1.29 is 8.42 Å². The van der Waals surface area contributed by atoms with Gasteiger partial charge < -0.3 is 5.32 Å². The molecule has 1 aromatic heterocycles. The highest BCUT2D eigenvalue weighted by molar-refractivity contribution is 7.98. The van der Waals surface area contributed by atoms with E-state index in [-0.39, 0.29) is 4.90 Å². The topological polar surface area (TPSA) is 98.0 Å². The van der Waals surface area contributed by atoms with Crippen LogP contribution in [0, 0.1) is 0 Å². The van der Waals surface area contributed by atoms with Gasteiger partial charge in [0.2, 0.25) is 10.0 Å². The lowest BCUT2D eigenvalue weighted by molar-refractivity contribution is 0.598. The smallest absolute Gasteiger partial charge is 0.238 e. The van der Waals surface area contributed by atoms with Crippen molar-refractivity contribution in [3.63, 3.8) is 0 Å². The molecular weight excluding hydrogens is 344 g/mol. The van der Waals surface area contributed by atoms with Gasteiger partial charge in [-0.25, -0.2) is 23.5 Å². The van der Waals surface area contributed by atoms with Crippen molar-refractivity contribution in [2.45, 2.75) is 17.6 Å². The molecule has 9 heteroatoms. The highest BCUT2D eigenvalue weighted by Crippen LogP contribution is 2.27. The lowest BCUT2D eigenvalue weighted by atomic mass is 10.2. The summed E-state index contributed by atoms with van der Waals surface area (Å²) >= 11 is 7.55. The maximum atomic E-state index is 11.5. The van der Waals surface area contributed by atoms with Crippen molar-refractivity contribution in [2.24, 2.45) is 5.14 Å². The van der Waals surface area contributed by atoms with Crippen LogP contribution < -0.4 is 10.5 Å². The first-order valence-electron chi connectivity index (χ1n) is 6.38. The van der Waals surface area contributed by atoms with Gasteiger partial charge in [0.1, 0.15) is 17.3 Å². The fourth-order valence-corrected chi connectivity index (χ4v) is 3.09. The Balaban J connectivity index is 2.40. The van der Waals surface area contributed by atoms with Crippen molar-refractivity contribution in [2.75, 3.05) is 11.1 Å². The maximum Gasteiger partial charge on any atom is 0.238 e. The summed E-state index contributed by atoms with van der Waals surface area (Å²) in [5, 5.41) is 8.55. The lowest BCUT2D eigenvalue weighted by Gasteiger charge is -2.12. The second-order valence-electron chi connectivity index (χ2n) is 4.35. The van der Waals surface area contributed by atoms with Gasteiger partial charge in [0, 0.05) is 17.5 Å². The van der Waals surface area contributed by atoms with Crippen LogP contribution >= 0.6 is 23.4 Å². The second-order valence-corrected chi connectivity index (χ2v) is 7.58. The Morgan fingerprint density at radius 2 is 2.09 bits per heavy atom. The Bertz CT molecular complexity index is 768. The molecule has 0 saturated carbocycles. The van der Waals surface area contributed by atoms with Crippen LogP contribution in [0.15, 0.2) is 35.5 Å². The van der Waals surface area contributed by atoms with Crippen LogP contribution in [0.25, 0.3) is 0 Å². The minimum Gasteiger partial charge on any atom is -0.340 e. The molecule has 0 aliphatic heterocycles. The van der Waals surface area contributed by atoms with Crippen molar-refractivity contribution in [3.05, 3.63) is 41.3 Å². The maximum absolute atomic E-state index is 11.5. The first-order chi connectivity index (χ1) is 10.4. The second kappa shape index (κ2) is 7.28. The third-order valence-corrected chi connectivity index (χ3v) is 4.81. The van der Waals surface area contributed by atoms with Crippen LogP contribution in [0.5, 0.6) is 0 Å². The van der Waals surface area contributed by atoms with E-state index in [4.69, 9.17) is 16.7 Å². The van der Waals surface area contributed by atoms with E-state index in [1.807, 2.05) is 0 Å². The summed E-state index contributed by atoms with van der Waals surface area (Å²) in [6.45, 7) is 2.06. The molecule has 3 N–H and O–H groups in total. The number of hydrogen-bond donors (Lipinski definition) is 2. The number of benzene rings is 1. The molecule has 0 fully saturated rings. The number of nitrogens with zero attached hydrogens (tertiary/aromatic N) is 2. The quantitative estimate of drug-likeness (QED) is 0.770. The molecule has 0 saturated heterocycles. The SMILES string of the molecule is CCSCc1ccc(S(N)(=O)=O)cc1Nc1cc(Cl)ncn1. The Labute approximate surface area is 138 Å². The van der Waals surface area contributed by atoms with Gasteiger partial charge in [-0.15, -0.1) is 0 Å². The lowest BCUT2D eigenvalue weighted by Crippen LogP contribution is -2.12. The molecule has 118 valence electrons. The average Bonchev–Trinajstić information content (AvgIpc) is 2.45. The summed E-state index contributed by atoms with van der Waals surface area (Å²) in [6.07, 6.45) is 1.33. The first-order valence-corrected chi connectivity index (χ1v) is 9.46. The van der Waals surface area contributed by atoms with Crippen molar-refractivity contribution >= 4 is 44.9 Å². The van der Waals surface area contributed by atoms with E-state index in [9.17, 15) is 8.42 Å². The molecule has 0 radical (unpaired) electrons. The summed E-state index contributed by atoms with van der Waals surface area (Å²) in [5.41, 5.74) is 1.58. The molecule has 0 aliphatic rings. The molecule has 1 heterocycles. The molecule has 1 aromatic carbocycles. The van der Waals surface area contributed by atoms with E-state index >= 15 is 0 Å². The van der Waals surface area contributed by atoms with Crippen molar-refractivity contribution in [1.29, 1.82) is 0 Å². The Morgan fingerprint density at radius 3 is 2.73 bits per heavy atom. The fourth-order valence-electron chi connectivity index (χ4n) is 1.73. The van der Waals surface area contributed by atoms with E-state index in [1.54, 1.807) is 23.9 Å². The standard InChI is InChI=1S/C13H15ClN4O2S2/c1-2-21-7-9-3-4-10(22(15,19)20)5-11(9)18-13-6-12(14)16-8-17-13/h3-6,8H,2,7H2,1H3,(H2,15,19,20)(H,16,17,18). The van der Waals surface area contributed by atoms with Gasteiger partial charge in [-0.2, -0.15) is 11.8 Å². The van der Waals surface area contributed by atoms with Gasteiger partial charge >= 0.3 is 0 Å². The van der Waals surface area contributed by atoms with E-state index in [2.05, 4.69) is 22.2 Å². The predicted molar refractivity (Wildman–Crippen MR) is 90.0 cm³/mol. The molecular formula is C13H15ClN4O2S2. The minimum absolute atomic E-state index is 0.0420. The molecule has 22 heavy (non-hydrogen) atoms. The van der Waals surface area contributed by atoms with E-state index in [0.29, 0.717) is 16.7 Å². The van der Waals surface area contributed by atoms with Gasteiger partial charge in [-0.1, -0.05) is 24.6 Å². The number of hydrogen-bond acceptors (Lipinski definition) is 6. The zero-order valence-corrected chi connectivity index (χ0v) is 14.2. The number of primary sulfonamides is 1. The van der Waals surface area contributed by atoms with Crippen LogP contribution in [0.3, 0.4) is 0 Å². The summed E-state index contributed by atoms with van der Waals surface area (Å²) in [4.78, 5) is 7.90. The van der Waals surface area contributed by atoms with Crippen LogP contribution in [-0.2, 0) is 15.8 Å². The highest BCUT2D eigenvalue weighted by Gasteiger charge is 2.12. The number of nitrogens with two attached hydrogens (primary N) is 1. The normalized spacial score (nSPS) is 11.4. The van der Waals surface area contributed by atoms with Crippen molar-refractivity contribution in [3.8, 4) is 0 Å². The molecule has 0 unspecified atom stereocenters. The van der Waals surface area contributed by atoms with E-state index < -0.39 is 10.0 Å². The summed E-state index contributed by atoms with van der Waals surface area (Å²) in [5.74, 6) is 2.17. The Morgan fingerprint density at radius 1 is 1.32 bits per heavy atom. The van der Waals surface area contributed by atoms with E-state index in [1.165, 1.54) is 18.5 Å². The van der Waals surface area contributed by atoms with Crippen LogP contribution in [0.2, 0.25) is 5.15 Å². The summed E-state index contributed by atoms with van der Waals surface area (Å²) in [7, 11) is -3.77. The number of halogens is 1. The molecule has 0 aliphatic carbocycles. The number of nitrogens with one attached hydrogen (secondary N) is 1. The Kier molecular flexibility index (Phi) is 5.63. The number of rotatable bonds is 6. The third-order valence-electron chi connectivity index (χ3n) is 2.77.